The van der Waals surface area contributed by atoms with Gasteiger partial charge in [0.15, 0.2) is 0 Å². The smallest absolute Gasteiger partial charge is 0.337 e. The lowest BCUT2D eigenvalue weighted by atomic mass is 10.00. The Morgan fingerprint density at radius 1 is 0.884 bits per heavy atom. The second kappa shape index (κ2) is 13.7. The molecule has 0 saturated heterocycles. The Bertz CT molecular complexity index is 1820. The van der Waals surface area contributed by atoms with Gasteiger partial charge in [0.2, 0.25) is 5.95 Å². The van der Waals surface area contributed by atoms with E-state index in [-0.39, 0.29) is 34.7 Å². The summed E-state index contributed by atoms with van der Waals surface area (Å²) >= 11 is 0. The van der Waals surface area contributed by atoms with Crippen LogP contribution in [0.5, 0.6) is 0 Å². The highest BCUT2D eigenvalue weighted by Gasteiger charge is 2.15. The Labute approximate surface area is 248 Å². The quantitative estimate of drug-likeness (QED) is 0.239. The molecule has 0 fully saturated rings. The predicted octanol–water partition coefficient (Wildman–Crippen LogP) is 4.00. The minimum absolute atomic E-state index is 0.0116. The summed E-state index contributed by atoms with van der Waals surface area (Å²) in [4.78, 5) is 37.3. The van der Waals surface area contributed by atoms with Gasteiger partial charge in [0.25, 0.3) is 5.56 Å². The Balaban J connectivity index is 0.000000324. The van der Waals surface area contributed by atoms with Gasteiger partial charge in [-0.25, -0.2) is 9.78 Å². The first-order valence-corrected chi connectivity index (χ1v) is 13.6. The standard InChI is InChI=1S/C27H26N2O3.C5H6N6/c1-3-8-24-28-23-12-7-9-20(16-13-19-14-17-21(18-15-19)27(31)32-2)25(23)26(30)29(24)22-10-5-4-6-11-22;6-1-2-3(7)10-5(9)11-4(2)8/h4-7,9-12,14-15,17-18H,3,8,13,16H2,1-2H3;(H6,7,8,9,10,11). The number of anilines is 3. The number of esters is 1. The number of carbonyl (C=O) groups excluding carboxylic acids is 1. The van der Waals surface area contributed by atoms with Crippen LogP contribution in [0.4, 0.5) is 17.6 Å². The van der Waals surface area contributed by atoms with Gasteiger partial charge in [-0.3, -0.25) is 9.36 Å². The molecule has 218 valence electrons. The van der Waals surface area contributed by atoms with Crippen LogP contribution in [0.15, 0.2) is 77.6 Å². The SMILES string of the molecule is CCCc1nc2cccc(CCc3ccc(C(=O)OC)cc3)c2c(=O)n1-c1ccccc1.N#Cc1c(N)nc(N)nc1N. The molecule has 2 heterocycles. The molecule has 0 spiro atoms. The lowest BCUT2D eigenvalue weighted by molar-refractivity contribution is 0.0600. The maximum Gasteiger partial charge on any atom is 0.337 e. The van der Waals surface area contributed by atoms with Crippen molar-refractivity contribution in [1.82, 2.24) is 19.5 Å². The molecule has 0 amide bonds. The van der Waals surface area contributed by atoms with Crippen molar-refractivity contribution in [2.24, 2.45) is 0 Å². The summed E-state index contributed by atoms with van der Waals surface area (Å²) < 4.78 is 6.51. The van der Waals surface area contributed by atoms with Gasteiger partial charge in [-0.05, 0) is 60.7 Å². The molecular formula is C32H32N8O3. The first-order valence-electron chi connectivity index (χ1n) is 13.6. The first kappa shape index (κ1) is 30.2. The number of nitrogen functional groups attached to an aromatic ring is 3. The molecule has 0 radical (unpaired) electrons. The third-order valence-corrected chi connectivity index (χ3v) is 6.69. The van der Waals surface area contributed by atoms with E-state index >= 15 is 0 Å². The molecule has 5 rings (SSSR count). The number of rotatable bonds is 7. The van der Waals surface area contributed by atoms with E-state index in [0.717, 1.165) is 47.4 Å². The number of fused-ring (bicyclic) bond motifs is 1. The number of aromatic nitrogens is 4. The molecule has 0 bridgehead atoms. The van der Waals surface area contributed by atoms with Gasteiger partial charge in [0, 0.05) is 6.42 Å². The summed E-state index contributed by atoms with van der Waals surface area (Å²) in [6.07, 6.45) is 3.10. The number of nitrogens with two attached hydrogens (primary N) is 3. The number of ether oxygens (including phenoxy) is 1. The molecule has 3 aromatic carbocycles. The largest absolute Gasteiger partial charge is 0.465 e. The van der Waals surface area contributed by atoms with Crippen LogP contribution in [0.25, 0.3) is 16.6 Å². The zero-order valence-corrected chi connectivity index (χ0v) is 23.9. The van der Waals surface area contributed by atoms with Gasteiger partial charge < -0.3 is 21.9 Å². The number of nitrogens with zero attached hydrogens (tertiary/aromatic N) is 5. The van der Waals surface area contributed by atoms with Crippen molar-refractivity contribution in [3.05, 3.63) is 111 Å². The van der Waals surface area contributed by atoms with Crippen molar-refractivity contribution in [1.29, 1.82) is 5.26 Å². The van der Waals surface area contributed by atoms with Crippen LogP contribution < -0.4 is 22.8 Å². The molecule has 0 saturated carbocycles. The average Bonchev–Trinajstić information content (AvgIpc) is 3.00. The summed E-state index contributed by atoms with van der Waals surface area (Å²) in [5.74, 6) is 0.432. The van der Waals surface area contributed by atoms with E-state index in [1.54, 1.807) is 22.8 Å². The summed E-state index contributed by atoms with van der Waals surface area (Å²) in [5, 5.41) is 9.13. The number of hydrogen-bond acceptors (Lipinski definition) is 10. The van der Waals surface area contributed by atoms with Crippen molar-refractivity contribution in [2.75, 3.05) is 24.3 Å². The number of methoxy groups -OCH3 is 1. The molecule has 5 aromatic rings. The maximum atomic E-state index is 13.7. The number of para-hydroxylation sites is 1. The van der Waals surface area contributed by atoms with Gasteiger partial charge in [-0.1, -0.05) is 49.4 Å². The van der Waals surface area contributed by atoms with E-state index in [0.29, 0.717) is 17.4 Å². The molecule has 2 aromatic heterocycles. The van der Waals surface area contributed by atoms with E-state index in [1.165, 1.54) is 7.11 Å². The van der Waals surface area contributed by atoms with E-state index < -0.39 is 0 Å². The van der Waals surface area contributed by atoms with E-state index in [2.05, 4.69) is 16.9 Å². The van der Waals surface area contributed by atoms with Gasteiger partial charge >= 0.3 is 5.97 Å². The molecule has 0 aliphatic carbocycles. The Morgan fingerprint density at radius 2 is 1.56 bits per heavy atom. The number of nitriles is 1. The zero-order chi connectivity index (χ0) is 30.9. The highest BCUT2D eigenvalue weighted by atomic mass is 16.5. The van der Waals surface area contributed by atoms with Crippen LogP contribution in [0.2, 0.25) is 0 Å². The van der Waals surface area contributed by atoms with Crippen molar-refractivity contribution in [3.63, 3.8) is 0 Å². The monoisotopic (exact) mass is 576 g/mol. The van der Waals surface area contributed by atoms with Gasteiger partial charge in [-0.2, -0.15) is 15.2 Å². The Kier molecular flexibility index (Phi) is 9.65. The van der Waals surface area contributed by atoms with Crippen LogP contribution in [0, 0.1) is 11.3 Å². The van der Waals surface area contributed by atoms with Crippen molar-refractivity contribution in [3.8, 4) is 11.8 Å². The van der Waals surface area contributed by atoms with Crippen LogP contribution in [0.3, 0.4) is 0 Å². The van der Waals surface area contributed by atoms with Gasteiger partial charge in [0.05, 0.1) is 29.3 Å². The van der Waals surface area contributed by atoms with Crippen LogP contribution in [-0.2, 0) is 24.0 Å². The fourth-order valence-electron chi connectivity index (χ4n) is 4.62. The topological polar surface area (TPSA) is 189 Å². The summed E-state index contributed by atoms with van der Waals surface area (Å²) in [6, 6.07) is 24.7. The number of hydrogen-bond donors (Lipinski definition) is 3. The van der Waals surface area contributed by atoms with Crippen molar-refractivity contribution in [2.45, 2.75) is 32.6 Å². The minimum atomic E-state index is -0.346. The fraction of sp³-hybridized carbons (Fsp3) is 0.188. The second-order valence-electron chi connectivity index (χ2n) is 9.59. The number of benzene rings is 3. The number of carbonyl (C=O) groups is 1. The third-order valence-electron chi connectivity index (χ3n) is 6.69. The van der Waals surface area contributed by atoms with E-state index in [1.807, 2.05) is 60.7 Å². The average molecular weight is 577 g/mol. The summed E-state index contributed by atoms with van der Waals surface area (Å²) in [7, 11) is 1.37. The maximum absolute atomic E-state index is 13.7. The lowest BCUT2D eigenvalue weighted by Gasteiger charge is -2.15. The molecule has 11 nitrogen and oxygen atoms in total. The Morgan fingerprint density at radius 3 is 2.16 bits per heavy atom. The third kappa shape index (κ3) is 6.94. The first-order chi connectivity index (χ1) is 20.8. The van der Waals surface area contributed by atoms with Gasteiger partial charge in [-0.15, -0.1) is 0 Å². The second-order valence-corrected chi connectivity index (χ2v) is 9.59. The molecule has 43 heavy (non-hydrogen) atoms. The fourth-order valence-corrected chi connectivity index (χ4v) is 4.62. The highest BCUT2D eigenvalue weighted by molar-refractivity contribution is 5.89. The molecule has 0 unspecified atom stereocenters. The number of aryl methyl sites for hydroxylation is 3. The molecular weight excluding hydrogens is 544 g/mol. The van der Waals surface area contributed by atoms with Gasteiger partial charge in [0.1, 0.15) is 29.1 Å². The van der Waals surface area contributed by atoms with E-state index in [9.17, 15) is 9.59 Å². The molecule has 11 heteroatoms. The minimum Gasteiger partial charge on any atom is -0.465 e. The highest BCUT2D eigenvalue weighted by Crippen LogP contribution is 2.20. The van der Waals surface area contributed by atoms with Crippen LogP contribution in [0.1, 0.15) is 46.2 Å². The summed E-state index contributed by atoms with van der Waals surface area (Å²) in [5.41, 5.74) is 20.0. The Hall–Kier alpha value is -5.76. The van der Waals surface area contributed by atoms with Crippen molar-refractivity contribution < 1.29 is 9.53 Å². The lowest BCUT2D eigenvalue weighted by Crippen LogP contribution is -2.25. The summed E-state index contributed by atoms with van der Waals surface area (Å²) in [6.45, 7) is 2.09. The normalized spacial score (nSPS) is 10.4. The molecule has 0 aliphatic rings. The zero-order valence-electron chi connectivity index (χ0n) is 23.9. The van der Waals surface area contributed by atoms with E-state index in [4.69, 9.17) is 32.2 Å². The molecule has 0 atom stereocenters. The predicted molar refractivity (Wildman–Crippen MR) is 167 cm³/mol. The molecule has 0 aliphatic heterocycles. The van der Waals surface area contributed by atoms with Crippen molar-refractivity contribution >= 4 is 34.5 Å². The van der Waals surface area contributed by atoms with Crippen LogP contribution in [-0.4, -0.2) is 32.6 Å². The van der Waals surface area contributed by atoms with Crippen LogP contribution >= 0.6 is 0 Å². The molecule has 6 N–H and O–H groups in total.